The Kier molecular flexibility index (Phi) is 8.10. The van der Waals surface area contributed by atoms with Crippen LogP contribution in [0, 0.1) is 0 Å². The molecule has 10 heteroatoms. The number of halogens is 3. The number of hydrogen-bond donors (Lipinski definition) is 1. The molecule has 0 aliphatic heterocycles. The van der Waals surface area contributed by atoms with E-state index in [2.05, 4.69) is 23.3 Å². The summed E-state index contributed by atoms with van der Waals surface area (Å²) < 4.78 is 67.9. The Morgan fingerprint density at radius 1 is 0.971 bits per heavy atom. The minimum absolute atomic E-state index is 0.217. The minimum Gasteiger partial charge on any atom is -0.375 e. The van der Waals surface area contributed by atoms with Crippen LogP contribution in [-0.4, -0.2) is 29.9 Å². The van der Waals surface area contributed by atoms with E-state index >= 15 is 0 Å². The lowest BCUT2D eigenvalue weighted by molar-refractivity contribution is -0.0499. The summed E-state index contributed by atoms with van der Waals surface area (Å²) in [5, 5.41) is 3.42. The van der Waals surface area contributed by atoms with Crippen molar-refractivity contribution in [3.8, 4) is 17.0 Å². The highest BCUT2D eigenvalue weighted by Crippen LogP contribution is 2.39. The van der Waals surface area contributed by atoms with E-state index in [1.165, 1.54) is 6.07 Å². The Morgan fingerprint density at radius 2 is 1.56 bits per heavy atom. The van der Waals surface area contributed by atoms with E-state index in [1.54, 1.807) is 6.07 Å². The van der Waals surface area contributed by atoms with E-state index in [4.69, 9.17) is 9.97 Å². The predicted molar refractivity (Wildman–Crippen MR) is 126 cm³/mol. The molecule has 0 atom stereocenters. The van der Waals surface area contributed by atoms with Crippen LogP contribution in [0.3, 0.4) is 0 Å². The van der Waals surface area contributed by atoms with Crippen molar-refractivity contribution in [2.75, 3.05) is 5.32 Å². The number of nitrogens with one attached hydrogen (secondary N) is 1. The van der Waals surface area contributed by atoms with Crippen molar-refractivity contribution < 1.29 is 25.8 Å². The van der Waals surface area contributed by atoms with Crippen LogP contribution in [0.25, 0.3) is 11.3 Å². The van der Waals surface area contributed by atoms with Crippen LogP contribution in [0.1, 0.15) is 75.9 Å². The molecule has 6 nitrogen and oxygen atoms in total. The number of anilines is 1. The molecule has 1 N–H and O–H groups in total. The van der Waals surface area contributed by atoms with E-state index in [-0.39, 0.29) is 17.4 Å². The first kappa shape index (κ1) is 26.2. The number of alkyl halides is 3. The van der Waals surface area contributed by atoms with Crippen molar-refractivity contribution in [2.24, 2.45) is 0 Å². The molecular formula is C24H32F3N3O3S. The molecule has 1 aliphatic carbocycles. The van der Waals surface area contributed by atoms with Gasteiger partial charge in [-0.1, -0.05) is 27.7 Å². The Labute approximate surface area is 199 Å². The van der Waals surface area contributed by atoms with Crippen LogP contribution in [0.15, 0.2) is 12.1 Å². The van der Waals surface area contributed by atoms with Crippen LogP contribution in [0.5, 0.6) is 5.75 Å². The monoisotopic (exact) mass is 499 g/mol. The van der Waals surface area contributed by atoms with Crippen LogP contribution in [0.4, 0.5) is 19.0 Å². The smallest absolute Gasteiger partial charge is 0.375 e. The Bertz CT molecular complexity index is 1130. The number of nitrogens with zero attached hydrogens (tertiary/aromatic N) is 2. The molecule has 0 radical (unpaired) electrons. The van der Waals surface area contributed by atoms with Crippen LogP contribution < -0.4 is 9.50 Å². The standard InChI is InChI=1S/C24H32F3N3O3S/c1-5-17(6-2)28-23-20(8-4)29-22(19(7-3)30-23)18-13-15-11-9-10-12-16(15)14-21(18)33-34(31,32)24(25,26)27/h13-14,17H,5-12H2,1-4H3,(H,28,30). The lowest BCUT2D eigenvalue weighted by atomic mass is 9.89. The number of aryl methyl sites for hydroxylation is 4. The molecule has 1 aromatic carbocycles. The van der Waals surface area contributed by atoms with E-state index in [9.17, 15) is 21.6 Å². The number of rotatable bonds is 9. The SMILES string of the molecule is CCc1nc(-c2cc3c(cc2OS(=O)(=O)C(F)(F)F)CCCC3)c(CC)nc1NC(CC)CC. The lowest BCUT2D eigenvalue weighted by Crippen LogP contribution is -2.28. The van der Waals surface area contributed by atoms with Gasteiger partial charge < -0.3 is 9.50 Å². The number of benzene rings is 1. The van der Waals surface area contributed by atoms with Gasteiger partial charge in [0.2, 0.25) is 0 Å². The first-order valence-electron chi connectivity index (χ1n) is 11.9. The van der Waals surface area contributed by atoms with E-state index < -0.39 is 15.6 Å². The normalized spacial score (nSPS) is 14.2. The molecule has 1 heterocycles. The van der Waals surface area contributed by atoms with Crippen molar-refractivity contribution in [1.29, 1.82) is 0 Å². The minimum atomic E-state index is -5.83. The fourth-order valence-corrected chi connectivity index (χ4v) is 4.67. The van der Waals surface area contributed by atoms with Crippen LogP contribution in [0.2, 0.25) is 0 Å². The molecular weight excluding hydrogens is 467 g/mol. The maximum atomic E-state index is 13.1. The summed E-state index contributed by atoms with van der Waals surface area (Å²) in [6, 6.07) is 3.37. The van der Waals surface area contributed by atoms with E-state index in [0.29, 0.717) is 42.2 Å². The molecule has 0 saturated carbocycles. The highest BCUT2D eigenvalue weighted by atomic mass is 32.2. The summed E-state index contributed by atoms with van der Waals surface area (Å²) in [5.74, 6) is 0.296. The summed E-state index contributed by atoms with van der Waals surface area (Å²) in [7, 11) is -5.83. The quantitative estimate of drug-likeness (QED) is 0.338. The van der Waals surface area contributed by atoms with Gasteiger partial charge in [0.1, 0.15) is 5.82 Å². The summed E-state index contributed by atoms with van der Waals surface area (Å²) in [6.07, 6.45) is 6.08. The molecule has 2 aromatic rings. The van der Waals surface area contributed by atoms with Crippen molar-refractivity contribution in [3.63, 3.8) is 0 Å². The van der Waals surface area contributed by atoms with Crippen LogP contribution >= 0.6 is 0 Å². The summed E-state index contributed by atoms with van der Waals surface area (Å²) in [6.45, 7) is 7.96. The van der Waals surface area contributed by atoms with Crippen molar-refractivity contribution in [3.05, 3.63) is 34.6 Å². The zero-order valence-corrected chi connectivity index (χ0v) is 20.9. The zero-order chi connectivity index (χ0) is 25.1. The first-order chi connectivity index (χ1) is 16.0. The molecule has 3 rings (SSSR count). The number of hydrogen-bond acceptors (Lipinski definition) is 6. The highest BCUT2D eigenvalue weighted by Gasteiger charge is 2.49. The lowest BCUT2D eigenvalue weighted by Gasteiger charge is -2.22. The third-order valence-electron chi connectivity index (χ3n) is 6.22. The third-order valence-corrected chi connectivity index (χ3v) is 7.18. The third kappa shape index (κ3) is 5.47. The van der Waals surface area contributed by atoms with Gasteiger partial charge in [-0.25, -0.2) is 9.97 Å². The molecule has 0 amide bonds. The molecule has 0 spiro atoms. The second-order valence-electron chi connectivity index (χ2n) is 8.49. The van der Waals surface area contributed by atoms with Gasteiger partial charge in [-0.15, -0.1) is 0 Å². The van der Waals surface area contributed by atoms with Gasteiger partial charge in [0.05, 0.1) is 17.1 Å². The average Bonchev–Trinajstić information content (AvgIpc) is 2.80. The Balaban J connectivity index is 2.21. The number of fused-ring (bicyclic) bond motifs is 1. The van der Waals surface area contributed by atoms with Gasteiger partial charge in [-0.05, 0) is 74.6 Å². The second kappa shape index (κ2) is 10.5. The van der Waals surface area contributed by atoms with Crippen molar-refractivity contribution in [2.45, 2.75) is 90.6 Å². The molecule has 0 fully saturated rings. The maximum Gasteiger partial charge on any atom is 0.534 e. The molecule has 34 heavy (non-hydrogen) atoms. The van der Waals surface area contributed by atoms with Gasteiger partial charge in [-0.3, -0.25) is 0 Å². The molecule has 0 unspecified atom stereocenters. The highest BCUT2D eigenvalue weighted by molar-refractivity contribution is 7.88. The Hall–Kier alpha value is -2.36. The van der Waals surface area contributed by atoms with E-state index in [1.807, 2.05) is 13.8 Å². The van der Waals surface area contributed by atoms with Crippen molar-refractivity contribution >= 4 is 15.9 Å². The van der Waals surface area contributed by atoms with Gasteiger partial charge in [-0.2, -0.15) is 21.6 Å². The number of aromatic nitrogens is 2. The molecule has 1 aliphatic rings. The van der Waals surface area contributed by atoms with Gasteiger partial charge >= 0.3 is 15.6 Å². The maximum absolute atomic E-state index is 13.1. The van der Waals surface area contributed by atoms with Gasteiger partial charge in [0.25, 0.3) is 0 Å². The summed E-state index contributed by atoms with van der Waals surface area (Å²) in [5.41, 5.74) is -1.94. The fraction of sp³-hybridized carbons (Fsp3) is 0.583. The summed E-state index contributed by atoms with van der Waals surface area (Å²) in [4.78, 5) is 9.55. The molecule has 1 aromatic heterocycles. The average molecular weight is 500 g/mol. The largest absolute Gasteiger partial charge is 0.534 e. The molecule has 0 saturated heterocycles. The zero-order valence-electron chi connectivity index (χ0n) is 20.1. The van der Waals surface area contributed by atoms with Gasteiger partial charge in [0.15, 0.2) is 5.75 Å². The topological polar surface area (TPSA) is 81.2 Å². The van der Waals surface area contributed by atoms with Crippen LogP contribution in [-0.2, 0) is 35.8 Å². The second-order valence-corrected chi connectivity index (χ2v) is 10.0. The molecule has 0 bridgehead atoms. The first-order valence-corrected chi connectivity index (χ1v) is 13.3. The molecule has 188 valence electrons. The van der Waals surface area contributed by atoms with E-state index in [0.717, 1.165) is 43.2 Å². The van der Waals surface area contributed by atoms with Gasteiger partial charge in [0, 0.05) is 11.6 Å². The van der Waals surface area contributed by atoms with Crippen molar-refractivity contribution in [1.82, 2.24) is 9.97 Å². The fourth-order valence-electron chi connectivity index (χ4n) is 4.20. The Morgan fingerprint density at radius 3 is 2.09 bits per heavy atom. The predicted octanol–water partition coefficient (Wildman–Crippen LogP) is 5.98. The summed E-state index contributed by atoms with van der Waals surface area (Å²) >= 11 is 0.